The number of esters is 2. The second kappa shape index (κ2) is 7.09. The van der Waals surface area contributed by atoms with Gasteiger partial charge < -0.3 is 20.1 Å². The molecule has 0 heterocycles. The van der Waals surface area contributed by atoms with Crippen molar-refractivity contribution in [2.75, 3.05) is 0 Å². The Hall–Kier alpha value is -2.45. The molecule has 0 saturated heterocycles. The summed E-state index contributed by atoms with van der Waals surface area (Å²) in [5, 5.41) is 26.1. The zero-order chi connectivity index (χ0) is 15.2. The summed E-state index contributed by atoms with van der Waals surface area (Å²) < 4.78 is 4.08. The van der Waals surface area contributed by atoms with Crippen molar-refractivity contribution in [3.63, 3.8) is 0 Å². The van der Waals surface area contributed by atoms with Crippen LogP contribution in [0.2, 0.25) is 0 Å². The van der Waals surface area contributed by atoms with Crippen LogP contribution in [0.4, 0.5) is 0 Å². The number of rotatable bonds is 7. The predicted molar refractivity (Wildman–Crippen MR) is 55.9 cm³/mol. The van der Waals surface area contributed by atoms with E-state index < -0.39 is 54.5 Å². The summed E-state index contributed by atoms with van der Waals surface area (Å²) in [5.74, 6) is -10.6. The van der Waals surface area contributed by atoms with E-state index in [1.807, 2.05) is 0 Å². The summed E-state index contributed by atoms with van der Waals surface area (Å²) >= 11 is 0. The Bertz CT molecular complexity index is 411. The van der Waals surface area contributed by atoms with Gasteiger partial charge >= 0.3 is 29.8 Å². The van der Waals surface area contributed by atoms with Crippen molar-refractivity contribution in [1.29, 1.82) is 0 Å². The molecular weight excluding hydrogens is 264 g/mol. The molecule has 0 bridgehead atoms. The Balaban J connectivity index is 5.00. The molecule has 0 amide bonds. The second-order valence-corrected chi connectivity index (χ2v) is 3.66. The smallest absolute Gasteiger partial charge is 0.314 e. The lowest BCUT2D eigenvalue weighted by Gasteiger charge is -2.17. The highest BCUT2D eigenvalue weighted by molar-refractivity contribution is 5.89. The zero-order valence-corrected chi connectivity index (χ0v) is 9.86. The molecule has 106 valence electrons. The highest BCUT2D eigenvalue weighted by atomic mass is 16.6. The fraction of sp³-hybridized carbons (Fsp3) is 0.500. The predicted octanol–water partition coefficient (Wildman–Crippen LogP) is -0.657. The molecule has 0 aliphatic heterocycles. The van der Waals surface area contributed by atoms with Gasteiger partial charge in [-0.15, -0.1) is 0 Å². The normalized spacial score (nSPS) is 13.1. The molecule has 2 atom stereocenters. The molecule has 0 aliphatic rings. The van der Waals surface area contributed by atoms with E-state index in [-0.39, 0.29) is 0 Å². The van der Waals surface area contributed by atoms with Crippen LogP contribution in [0.1, 0.15) is 19.8 Å². The third-order valence-electron chi connectivity index (χ3n) is 2.16. The minimum atomic E-state index is -1.80. The summed E-state index contributed by atoms with van der Waals surface area (Å²) in [4.78, 5) is 53.8. The third-order valence-corrected chi connectivity index (χ3v) is 2.16. The SMILES string of the molecule is CC(=O)OC(=O)CC(C(=O)O)C(CC(=O)O)C(=O)O. The lowest BCUT2D eigenvalue weighted by atomic mass is 9.87. The number of aliphatic carboxylic acids is 3. The van der Waals surface area contributed by atoms with Gasteiger partial charge in [0, 0.05) is 6.92 Å². The molecule has 0 fully saturated rings. The largest absolute Gasteiger partial charge is 0.481 e. The molecule has 2 unspecified atom stereocenters. The Kier molecular flexibility index (Phi) is 6.17. The second-order valence-electron chi connectivity index (χ2n) is 3.66. The van der Waals surface area contributed by atoms with Gasteiger partial charge in [0.1, 0.15) is 0 Å². The van der Waals surface area contributed by atoms with E-state index in [1.54, 1.807) is 0 Å². The number of hydrogen-bond donors (Lipinski definition) is 3. The van der Waals surface area contributed by atoms with E-state index in [0.717, 1.165) is 6.92 Å². The van der Waals surface area contributed by atoms with Gasteiger partial charge in [0.15, 0.2) is 0 Å². The van der Waals surface area contributed by atoms with E-state index in [4.69, 9.17) is 15.3 Å². The lowest BCUT2D eigenvalue weighted by molar-refractivity contribution is -0.165. The van der Waals surface area contributed by atoms with Crippen molar-refractivity contribution in [1.82, 2.24) is 0 Å². The summed E-state index contributed by atoms with van der Waals surface area (Å²) in [6.07, 6.45) is -1.86. The molecular formula is C10H12O9. The highest BCUT2D eigenvalue weighted by Gasteiger charge is 2.37. The molecule has 0 aromatic rings. The van der Waals surface area contributed by atoms with Crippen molar-refractivity contribution >= 4 is 29.8 Å². The molecule has 0 aliphatic carbocycles. The molecule has 0 radical (unpaired) electrons. The fourth-order valence-corrected chi connectivity index (χ4v) is 1.37. The van der Waals surface area contributed by atoms with Crippen molar-refractivity contribution in [3.8, 4) is 0 Å². The van der Waals surface area contributed by atoms with E-state index >= 15 is 0 Å². The van der Waals surface area contributed by atoms with Crippen molar-refractivity contribution in [3.05, 3.63) is 0 Å². The topological polar surface area (TPSA) is 155 Å². The summed E-state index contributed by atoms with van der Waals surface area (Å²) in [6.45, 7) is 0.916. The van der Waals surface area contributed by atoms with Crippen LogP contribution in [0, 0.1) is 11.8 Å². The Labute approximate surface area is 106 Å². The number of carboxylic acid groups (broad SMARTS) is 3. The number of carbonyl (C=O) groups excluding carboxylic acids is 2. The maximum absolute atomic E-state index is 11.1. The number of ether oxygens (including phenoxy) is 1. The number of carbonyl (C=O) groups is 5. The maximum Gasteiger partial charge on any atom is 0.314 e. The van der Waals surface area contributed by atoms with Gasteiger partial charge in [0.25, 0.3) is 0 Å². The molecule has 0 saturated carbocycles. The summed E-state index contributed by atoms with van der Waals surface area (Å²) in [5.41, 5.74) is 0. The fourth-order valence-electron chi connectivity index (χ4n) is 1.37. The van der Waals surface area contributed by atoms with Crippen LogP contribution in [0.25, 0.3) is 0 Å². The van der Waals surface area contributed by atoms with Gasteiger partial charge in [0.2, 0.25) is 0 Å². The minimum absolute atomic E-state index is 0.904. The van der Waals surface area contributed by atoms with E-state index in [2.05, 4.69) is 4.74 Å². The molecule has 9 nitrogen and oxygen atoms in total. The molecule has 0 rings (SSSR count). The van der Waals surface area contributed by atoms with Crippen molar-refractivity contribution in [2.24, 2.45) is 11.8 Å². The van der Waals surface area contributed by atoms with Gasteiger partial charge in [-0.25, -0.2) is 0 Å². The molecule has 9 heteroatoms. The van der Waals surface area contributed by atoms with Gasteiger partial charge in [-0.2, -0.15) is 0 Å². The van der Waals surface area contributed by atoms with Gasteiger partial charge in [0.05, 0.1) is 24.7 Å². The number of hydrogen-bond acceptors (Lipinski definition) is 6. The Morgan fingerprint density at radius 1 is 0.895 bits per heavy atom. The first-order valence-corrected chi connectivity index (χ1v) is 5.03. The van der Waals surface area contributed by atoms with Gasteiger partial charge in [-0.1, -0.05) is 0 Å². The third kappa shape index (κ3) is 6.15. The van der Waals surface area contributed by atoms with Gasteiger partial charge in [-0.05, 0) is 0 Å². The summed E-state index contributed by atoms with van der Waals surface area (Å²) in [7, 11) is 0. The average molecular weight is 276 g/mol. The zero-order valence-electron chi connectivity index (χ0n) is 9.86. The quantitative estimate of drug-likeness (QED) is 0.405. The van der Waals surface area contributed by atoms with Crippen LogP contribution in [0.3, 0.4) is 0 Å². The van der Waals surface area contributed by atoms with E-state index in [1.165, 1.54) is 0 Å². The van der Waals surface area contributed by atoms with Gasteiger partial charge in [-0.3, -0.25) is 24.0 Å². The molecule has 3 N–H and O–H groups in total. The monoisotopic (exact) mass is 276 g/mol. The van der Waals surface area contributed by atoms with E-state index in [0.29, 0.717) is 0 Å². The van der Waals surface area contributed by atoms with Crippen LogP contribution in [0.5, 0.6) is 0 Å². The van der Waals surface area contributed by atoms with Crippen LogP contribution >= 0.6 is 0 Å². The van der Waals surface area contributed by atoms with Crippen LogP contribution < -0.4 is 0 Å². The van der Waals surface area contributed by atoms with Crippen molar-refractivity contribution < 1.29 is 44.0 Å². The lowest BCUT2D eigenvalue weighted by Crippen LogP contribution is -2.34. The Morgan fingerprint density at radius 3 is 1.63 bits per heavy atom. The highest BCUT2D eigenvalue weighted by Crippen LogP contribution is 2.21. The van der Waals surface area contributed by atoms with E-state index in [9.17, 15) is 24.0 Å². The first kappa shape index (κ1) is 16.6. The number of carboxylic acids is 3. The average Bonchev–Trinajstić information content (AvgIpc) is 2.20. The van der Waals surface area contributed by atoms with Crippen LogP contribution in [-0.2, 0) is 28.7 Å². The molecule has 19 heavy (non-hydrogen) atoms. The first-order chi connectivity index (χ1) is 8.65. The first-order valence-electron chi connectivity index (χ1n) is 5.03. The van der Waals surface area contributed by atoms with Crippen LogP contribution in [-0.4, -0.2) is 45.2 Å². The van der Waals surface area contributed by atoms with Crippen LogP contribution in [0.15, 0.2) is 0 Å². The molecule has 0 spiro atoms. The summed E-state index contributed by atoms with van der Waals surface area (Å²) in [6, 6.07) is 0. The maximum atomic E-state index is 11.1. The van der Waals surface area contributed by atoms with Crippen molar-refractivity contribution in [2.45, 2.75) is 19.8 Å². The standard InChI is InChI=1S/C10H12O9/c1-4(11)19-8(14)3-6(10(17)18)5(9(15)16)2-7(12)13/h5-6H,2-3H2,1H3,(H,12,13)(H,15,16)(H,17,18). The molecule has 0 aromatic carbocycles. The molecule has 0 aromatic heterocycles. The minimum Gasteiger partial charge on any atom is -0.481 e. The Morgan fingerprint density at radius 2 is 1.32 bits per heavy atom.